The highest BCUT2D eigenvalue weighted by Crippen LogP contribution is 2.21. The van der Waals surface area contributed by atoms with E-state index in [-0.39, 0.29) is 0 Å². The van der Waals surface area contributed by atoms with Crippen LogP contribution in [-0.4, -0.2) is 11.5 Å². The molecule has 0 aliphatic carbocycles. The van der Waals surface area contributed by atoms with Gasteiger partial charge in [-0.1, -0.05) is 24.1 Å². The van der Waals surface area contributed by atoms with Crippen LogP contribution < -0.4 is 5.32 Å². The average molecular weight is 197 g/mol. The molecule has 1 aliphatic heterocycles. The summed E-state index contributed by atoms with van der Waals surface area (Å²) in [6.07, 6.45) is 3.73. The second-order valence-electron chi connectivity index (χ2n) is 3.39. The molecular weight excluding hydrogens is 184 g/mol. The van der Waals surface area contributed by atoms with Gasteiger partial charge < -0.3 is 5.32 Å². The molecule has 2 nitrogen and oxygen atoms in total. The number of hydrogen-bond acceptors (Lipinski definition) is 2. The number of pyridine rings is 1. The third kappa shape index (κ3) is 2.20. The number of aromatic nitrogens is 1. The summed E-state index contributed by atoms with van der Waals surface area (Å²) >= 11 is 5.83. The van der Waals surface area contributed by atoms with E-state index in [2.05, 4.69) is 10.3 Å². The molecule has 1 atom stereocenters. The van der Waals surface area contributed by atoms with Crippen molar-refractivity contribution in [3.05, 3.63) is 29.0 Å². The largest absolute Gasteiger partial charge is 0.309 e. The third-order valence-electron chi connectivity index (χ3n) is 2.40. The van der Waals surface area contributed by atoms with Crippen molar-refractivity contribution in [2.75, 3.05) is 6.54 Å². The summed E-state index contributed by atoms with van der Waals surface area (Å²) in [7, 11) is 0. The summed E-state index contributed by atoms with van der Waals surface area (Å²) in [5.41, 5.74) is 1.08. The Kier molecular flexibility index (Phi) is 2.81. The van der Waals surface area contributed by atoms with E-state index in [1.807, 2.05) is 18.2 Å². The summed E-state index contributed by atoms with van der Waals surface area (Å²) in [4.78, 5) is 4.30. The molecule has 1 aromatic rings. The molecule has 2 rings (SSSR count). The van der Waals surface area contributed by atoms with E-state index in [0.717, 1.165) is 12.2 Å². The lowest BCUT2D eigenvalue weighted by Gasteiger charge is -2.22. The Morgan fingerprint density at radius 2 is 2.31 bits per heavy atom. The standard InChI is InChI=1S/C10H13ClN2/c11-10-6-3-5-9(13-10)8-4-1-2-7-12-8/h3,5-6,8,12H,1-2,4,7H2/t8-/m1/s1. The van der Waals surface area contributed by atoms with E-state index in [4.69, 9.17) is 11.6 Å². The van der Waals surface area contributed by atoms with E-state index in [1.165, 1.54) is 19.3 Å². The maximum atomic E-state index is 5.83. The van der Waals surface area contributed by atoms with Crippen molar-refractivity contribution < 1.29 is 0 Å². The lowest BCUT2D eigenvalue weighted by molar-refractivity contribution is 0.405. The highest BCUT2D eigenvalue weighted by atomic mass is 35.5. The number of nitrogens with zero attached hydrogens (tertiary/aromatic N) is 1. The van der Waals surface area contributed by atoms with Crippen molar-refractivity contribution in [3.8, 4) is 0 Å². The van der Waals surface area contributed by atoms with Gasteiger partial charge in [-0.2, -0.15) is 0 Å². The van der Waals surface area contributed by atoms with E-state index in [0.29, 0.717) is 11.2 Å². The number of hydrogen-bond donors (Lipinski definition) is 1. The zero-order chi connectivity index (χ0) is 9.10. The molecule has 1 N–H and O–H groups in total. The molecule has 0 unspecified atom stereocenters. The van der Waals surface area contributed by atoms with Gasteiger partial charge in [0, 0.05) is 6.04 Å². The maximum absolute atomic E-state index is 5.83. The summed E-state index contributed by atoms with van der Waals surface area (Å²) < 4.78 is 0. The van der Waals surface area contributed by atoms with Crippen molar-refractivity contribution in [2.45, 2.75) is 25.3 Å². The minimum Gasteiger partial charge on any atom is -0.309 e. The van der Waals surface area contributed by atoms with Gasteiger partial charge in [-0.15, -0.1) is 0 Å². The minimum atomic E-state index is 0.410. The van der Waals surface area contributed by atoms with Crippen LogP contribution in [0.15, 0.2) is 18.2 Å². The zero-order valence-electron chi connectivity index (χ0n) is 7.46. The van der Waals surface area contributed by atoms with Gasteiger partial charge in [0.25, 0.3) is 0 Å². The van der Waals surface area contributed by atoms with Crippen molar-refractivity contribution in [2.24, 2.45) is 0 Å². The zero-order valence-corrected chi connectivity index (χ0v) is 8.22. The number of nitrogens with one attached hydrogen (secondary N) is 1. The van der Waals surface area contributed by atoms with Crippen LogP contribution in [0.3, 0.4) is 0 Å². The molecule has 0 saturated carbocycles. The Morgan fingerprint density at radius 1 is 1.38 bits per heavy atom. The summed E-state index contributed by atoms with van der Waals surface area (Å²) in [6.45, 7) is 1.10. The van der Waals surface area contributed by atoms with Crippen LogP contribution in [0.1, 0.15) is 31.0 Å². The highest BCUT2D eigenvalue weighted by Gasteiger charge is 2.15. The summed E-state index contributed by atoms with van der Waals surface area (Å²) in [5, 5.41) is 4.03. The molecule has 1 aromatic heterocycles. The molecule has 0 spiro atoms. The van der Waals surface area contributed by atoms with E-state index < -0.39 is 0 Å². The van der Waals surface area contributed by atoms with Gasteiger partial charge in [0.2, 0.25) is 0 Å². The fraction of sp³-hybridized carbons (Fsp3) is 0.500. The van der Waals surface area contributed by atoms with Crippen molar-refractivity contribution in [1.29, 1.82) is 0 Å². The summed E-state index contributed by atoms with van der Waals surface area (Å²) in [5.74, 6) is 0. The molecule has 0 aromatic carbocycles. The Balaban J connectivity index is 2.14. The monoisotopic (exact) mass is 196 g/mol. The van der Waals surface area contributed by atoms with Gasteiger partial charge in [0.1, 0.15) is 5.15 Å². The predicted octanol–water partition coefficient (Wildman–Crippen LogP) is 2.55. The molecule has 2 heterocycles. The third-order valence-corrected chi connectivity index (χ3v) is 2.61. The fourth-order valence-electron chi connectivity index (χ4n) is 1.72. The van der Waals surface area contributed by atoms with Gasteiger partial charge in [0.05, 0.1) is 5.69 Å². The van der Waals surface area contributed by atoms with E-state index in [9.17, 15) is 0 Å². The van der Waals surface area contributed by atoms with Crippen LogP contribution in [0, 0.1) is 0 Å². The first kappa shape index (κ1) is 8.97. The van der Waals surface area contributed by atoms with E-state index >= 15 is 0 Å². The van der Waals surface area contributed by atoms with Crippen LogP contribution in [0.5, 0.6) is 0 Å². The van der Waals surface area contributed by atoms with Gasteiger partial charge in [-0.05, 0) is 31.5 Å². The Bertz CT molecular complexity index is 282. The van der Waals surface area contributed by atoms with Crippen molar-refractivity contribution in [1.82, 2.24) is 10.3 Å². The highest BCUT2D eigenvalue weighted by molar-refractivity contribution is 6.29. The molecule has 1 saturated heterocycles. The number of piperidine rings is 1. The first-order chi connectivity index (χ1) is 6.36. The molecule has 70 valence electrons. The Morgan fingerprint density at radius 3 is 3.00 bits per heavy atom. The molecule has 13 heavy (non-hydrogen) atoms. The van der Waals surface area contributed by atoms with Crippen LogP contribution in [0.2, 0.25) is 5.15 Å². The molecular formula is C10H13ClN2. The van der Waals surface area contributed by atoms with Crippen LogP contribution in [0.25, 0.3) is 0 Å². The molecule has 3 heteroatoms. The van der Waals surface area contributed by atoms with E-state index in [1.54, 1.807) is 0 Å². The number of rotatable bonds is 1. The Labute approximate surface area is 83.3 Å². The number of halogens is 1. The van der Waals surface area contributed by atoms with Gasteiger partial charge in [0.15, 0.2) is 0 Å². The van der Waals surface area contributed by atoms with Gasteiger partial charge >= 0.3 is 0 Å². The minimum absolute atomic E-state index is 0.410. The molecule has 1 fully saturated rings. The quantitative estimate of drug-likeness (QED) is 0.699. The maximum Gasteiger partial charge on any atom is 0.129 e. The second-order valence-corrected chi connectivity index (χ2v) is 3.77. The van der Waals surface area contributed by atoms with Gasteiger partial charge in [-0.25, -0.2) is 4.98 Å². The Hall–Kier alpha value is -0.600. The normalized spacial score (nSPS) is 23.0. The molecule has 0 amide bonds. The SMILES string of the molecule is Clc1cccc([C@H]2CCCCN2)n1. The molecule has 0 bridgehead atoms. The predicted molar refractivity (Wildman–Crippen MR) is 53.8 cm³/mol. The van der Waals surface area contributed by atoms with Crippen LogP contribution >= 0.6 is 11.6 Å². The van der Waals surface area contributed by atoms with Crippen LogP contribution in [-0.2, 0) is 0 Å². The molecule has 1 aliphatic rings. The summed E-state index contributed by atoms with van der Waals surface area (Å²) in [6, 6.07) is 6.22. The lowest BCUT2D eigenvalue weighted by Crippen LogP contribution is -2.27. The molecule has 0 radical (unpaired) electrons. The fourth-order valence-corrected chi connectivity index (χ4v) is 1.89. The topological polar surface area (TPSA) is 24.9 Å². The van der Waals surface area contributed by atoms with Crippen molar-refractivity contribution in [3.63, 3.8) is 0 Å². The lowest BCUT2D eigenvalue weighted by atomic mass is 10.0. The first-order valence-corrected chi connectivity index (χ1v) is 5.10. The van der Waals surface area contributed by atoms with Crippen LogP contribution in [0.4, 0.5) is 0 Å². The smallest absolute Gasteiger partial charge is 0.129 e. The second kappa shape index (κ2) is 4.07. The van der Waals surface area contributed by atoms with Gasteiger partial charge in [-0.3, -0.25) is 0 Å². The van der Waals surface area contributed by atoms with Crippen molar-refractivity contribution >= 4 is 11.6 Å². The average Bonchev–Trinajstić information content (AvgIpc) is 2.19. The first-order valence-electron chi connectivity index (χ1n) is 4.72.